The molecule has 0 heterocycles. The Hall–Kier alpha value is -0.923. The molecule has 0 aromatic carbocycles. The van der Waals surface area contributed by atoms with Crippen LogP contribution in [0.5, 0.6) is 0 Å². The molecule has 0 fully saturated rings. The molecule has 7 heteroatoms. The van der Waals surface area contributed by atoms with E-state index in [4.69, 9.17) is 21.7 Å². The number of carbonyl (C=O) groups is 2. The van der Waals surface area contributed by atoms with Crippen LogP contribution in [0.1, 0.15) is 19.3 Å². The average Bonchev–Trinajstić information content (AvgIpc) is 2.21. The minimum atomic E-state index is -1.55. The summed E-state index contributed by atoms with van der Waals surface area (Å²) in [6.45, 7) is 7.11. The van der Waals surface area contributed by atoms with E-state index >= 15 is 0 Å². The summed E-state index contributed by atoms with van der Waals surface area (Å²) in [5, 5.41) is 16.8. The van der Waals surface area contributed by atoms with Gasteiger partial charge in [-0.25, -0.2) is 0 Å². The Labute approximate surface area is 109 Å². The summed E-state index contributed by atoms with van der Waals surface area (Å²) in [5.41, 5.74) is 10.1. The van der Waals surface area contributed by atoms with Crippen molar-refractivity contribution >= 4 is 20.0 Å². The predicted octanol–water partition coefficient (Wildman–Crippen LogP) is 0.938. The van der Waals surface area contributed by atoms with Crippen LogP contribution in [0.4, 0.5) is 0 Å². The summed E-state index contributed by atoms with van der Waals surface area (Å²) in [4.78, 5) is 20.4. The second kappa shape index (κ2) is 10.0. The van der Waals surface area contributed by atoms with Gasteiger partial charge in [0.25, 0.3) is 0 Å². The van der Waals surface area contributed by atoms with Crippen molar-refractivity contribution in [2.45, 2.75) is 44.4 Å². The Kier molecular flexibility index (Phi) is 10.8. The van der Waals surface area contributed by atoms with Gasteiger partial charge in [0, 0.05) is 6.42 Å². The highest BCUT2D eigenvalue weighted by atomic mass is 28.3. The molecule has 0 aromatic heterocycles. The highest BCUT2D eigenvalue weighted by Gasteiger charge is 2.31. The number of nitrogens with two attached hydrogens (primary N) is 2. The van der Waals surface area contributed by atoms with Gasteiger partial charge in [0.15, 0.2) is 0 Å². The highest BCUT2D eigenvalue weighted by molar-refractivity contribution is 6.80. The first-order valence-electron chi connectivity index (χ1n) is 6.01. The molecule has 0 saturated heterocycles. The molecule has 0 aliphatic heterocycles. The summed E-state index contributed by atoms with van der Waals surface area (Å²) in [6.07, 6.45) is 1.39. The van der Waals surface area contributed by atoms with E-state index in [2.05, 4.69) is 19.6 Å². The Morgan fingerprint density at radius 2 is 1.61 bits per heavy atom. The molecule has 0 aliphatic carbocycles. The molecule has 108 valence electrons. The third-order valence-corrected chi connectivity index (χ3v) is 5.02. The molecule has 0 radical (unpaired) electrons. The van der Waals surface area contributed by atoms with E-state index in [9.17, 15) is 9.59 Å². The van der Waals surface area contributed by atoms with E-state index in [1.54, 1.807) is 0 Å². The van der Waals surface area contributed by atoms with Crippen molar-refractivity contribution in [3.8, 4) is 0 Å². The zero-order valence-electron chi connectivity index (χ0n) is 11.5. The lowest BCUT2D eigenvalue weighted by atomic mass is 10.3. The van der Waals surface area contributed by atoms with Crippen LogP contribution < -0.4 is 11.5 Å². The lowest BCUT2D eigenvalue weighted by molar-refractivity contribution is -0.138. The van der Waals surface area contributed by atoms with Gasteiger partial charge in [0.1, 0.15) is 0 Å². The summed E-state index contributed by atoms with van der Waals surface area (Å²) in [7, 11) is -1.55. The van der Waals surface area contributed by atoms with E-state index in [0.717, 1.165) is 0 Å². The molecule has 0 rings (SSSR count). The molecule has 0 aliphatic rings. The van der Waals surface area contributed by atoms with Gasteiger partial charge in [-0.05, 0) is 25.9 Å². The van der Waals surface area contributed by atoms with Crippen molar-refractivity contribution in [1.29, 1.82) is 0 Å². The first-order chi connectivity index (χ1) is 8.16. The van der Waals surface area contributed by atoms with E-state index in [1.165, 1.54) is 0 Å². The summed E-state index contributed by atoms with van der Waals surface area (Å²) in [6, 6.07) is 0. The SMILES string of the molecule is C[Si](C)(C)C(CCN)C(=O)O.NCCCC(=O)O. The zero-order chi connectivity index (χ0) is 14.8. The number of hydrogen-bond acceptors (Lipinski definition) is 4. The van der Waals surface area contributed by atoms with Crippen molar-refractivity contribution in [3.05, 3.63) is 0 Å². The highest BCUT2D eigenvalue weighted by Crippen LogP contribution is 2.24. The fourth-order valence-corrected chi connectivity index (χ4v) is 3.12. The van der Waals surface area contributed by atoms with Crippen LogP contribution in [-0.4, -0.2) is 43.3 Å². The largest absolute Gasteiger partial charge is 0.481 e. The average molecular weight is 278 g/mol. The smallest absolute Gasteiger partial charge is 0.303 e. The quantitative estimate of drug-likeness (QED) is 0.513. The molecule has 0 bridgehead atoms. The van der Waals surface area contributed by atoms with Gasteiger partial charge in [-0.1, -0.05) is 19.6 Å². The fraction of sp³-hybridized carbons (Fsp3) is 0.818. The van der Waals surface area contributed by atoms with Crippen LogP contribution in [0.25, 0.3) is 0 Å². The maximum absolute atomic E-state index is 10.7. The molecule has 6 nitrogen and oxygen atoms in total. The van der Waals surface area contributed by atoms with Crippen molar-refractivity contribution in [1.82, 2.24) is 0 Å². The number of rotatable bonds is 7. The lowest BCUT2D eigenvalue weighted by Crippen LogP contribution is -2.35. The van der Waals surface area contributed by atoms with Gasteiger partial charge in [-0.3, -0.25) is 9.59 Å². The van der Waals surface area contributed by atoms with E-state index in [-0.39, 0.29) is 12.0 Å². The van der Waals surface area contributed by atoms with Crippen LogP contribution in [0.15, 0.2) is 0 Å². The minimum absolute atomic E-state index is 0.188. The Morgan fingerprint density at radius 1 is 1.11 bits per heavy atom. The van der Waals surface area contributed by atoms with Crippen molar-refractivity contribution in [2.24, 2.45) is 11.5 Å². The summed E-state index contributed by atoms with van der Waals surface area (Å²) < 4.78 is 0. The van der Waals surface area contributed by atoms with Gasteiger partial charge in [0.2, 0.25) is 0 Å². The topological polar surface area (TPSA) is 127 Å². The van der Waals surface area contributed by atoms with Crippen LogP contribution in [0.3, 0.4) is 0 Å². The molecule has 0 spiro atoms. The molecule has 18 heavy (non-hydrogen) atoms. The Bertz CT molecular complexity index is 254. The molecular weight excluding hydrogens is 252 g/mol. The molecule has 0 saturated carbocycles. The Balaban J connectivity index is 0. The van der Waals surface area contributed by atoms with Gasteiger partial charge >= 0.3 is 11.9 Å². The van der Waals surface area contributed by atoms with Crippen molar-refractivity contribution in [3.63, 3.8) is 0 Å². The predicted molar refractivity (Wildman–Crippen MR) is 74.3 cm³/mol. The van der Waals surface area contributed by atoms with Crippen LogP contribution in [-0.2, 0) is 9.59 Å². The van der Waals surface area contributed by atoms with E-state index in [1.807, 2.05) is 0 Å². The van der Waals surface area contributed by atoms with Gasteiger partial charge in [0.05, 0.1) is 13.6 Å². The third kappa shape index (κ3) is 11.6. The molecule has 1 unspecified atom stereocenters. The second-order valence-corrected chi connectivity index (χ2v) is 10.5. The number of carboxylic acids is 2. The standard InChI is InChI=1S/C7H17NO2Si.C4H9NO2/c1-11(2,3)6(4-5-8)7(9)10;5-3-1-2-4(6)7/h6H,4-5,8H2,1-3H3,(H,9,10);1-3,5H2,(H,6,7). The lowest BCUT2D eigenvalue weighted by Gasteiger charge is -2.24. The maximum Gasteiger partial charge on any atom is 0.303 e. The number of hydrogen-bond donors (Lipinski definition) is 4. The number of carboxylic acid groups (broad SMARTS) is 2. The molecule has 6 N–H and O–H groups in total. The van der Waals surface area contributed by atoms with Crippen molar-refractivity contribution in [2.75, 3.05) is 13.1 Å². The summed E-state index contributed by atoms with van der Waals surface area (Å²) in [5.74, 6) is -1.46. The maximum atomic E-state index is 10.7. The monoisotopic (exact) mass is 278 g/mol. The van der Waals surface area contributed by atoms with Gasteiger partial charge in [-0.2, -0.15) is 0 Å². The van der Waals surface area contributed by atoms with Crippen molar-refractivity contribution < 1.29 is 19.8 Å². The van der Waals surface area contributed by atoms with Gasteiger partial charge < -0.3 is 21.7 Å². The van der Waals surface area contributed by atoms with Crippen LogP contribution in [0, 0.1) is 0 Å². The van der Waals surface area contributed by atoms with E-state index < -0.39 is 20.0 Å². The first kappa shape index (κ1) is 19.4. The third-order valence-electron chi connectivity index (χ3n) is 2.39. The molecule has 1 atom stereocenters. The molecule has 0 aromatic rings. The number of aliphatic carboxylic acids is 2. The normalized spacial score (nSPS) is 12.3. The first-order valence-corrected chi connectivity index (χ1v) is 9.59. The zero-order valence-corrected chi connectivity index (χ0v) is 12.5. The summed E-state index contributed by atoms with van der Waals surface area (Å²) >= 11 is 0. The Morgan fingerprint density at radius 3 is 1.72 bits per heavy atom. The fourth-order valence-electron chi connectivity index (χ4n) is 1.35. The molecule has 0 amide bonds. The molecular formula is C11H26N2O4Si. The second-order valence-electron chi connectivity index (χ2n) is 5.12. The van der Waals surface area contributed by atoms with Gasteiger partial charge in [-0.15, -0.1) is 0 Å². The van der Waals surface area contributed by atoms with Crippen LogP contribution >= 0.6 is 0 Å². The van der Waals surface area contributed by atoms with Crippen LogP contribution in [0.2, 0.25) is 25.2 Å². The minimum Gasteiger partial charge on any atom is -0.481 e. The van der Waals surface area contributed by atoms with E-state index in [0.29, 0.717) is 25.9 Å².